The monoisotopic (exact) mass is 460 g/mol. The van der Waals surface area contributed by atoms with Crippen LogP contribution in [0.1, 0.15) is 21.5 Å². The van der Waals surface area contributed by atoms with Crippen LogP contribution in [0.5, 0.6) is 11.5 Å². The fourth-order valence-electron chi connectivity index (χ4n) is 3.52. The summed E-state index contributed by atoms with van der Waals surface area (Å²) in [6.45, 7) is 4.03. The lowest BCUT2D eigenvalue weighted by Gasteiger charge is -2.14. The average molecular weight is 461 g/mol. The highest BCUT2D eigenvalue weighted by atomic mass is 32.2. The van der Waals surface area contributed by atoms with Crippen molar-refractivity contribution < 1.29 is 14.3 Å². The van der Waals surface area contributed by atoms with Crippen LogP contribution in [-0.2, 0) is 0 Å². The molecule has 168 valence electrons. The van der Waals surface area contributed by atoms with Gasteiger partial charge in [-0.15, -0.1) is 0 Å². The predicted octanol–water partition coefficient (Wildman–Crippen LogP) is 4.99. The number of nitrogens with zero attached hydrogens (tertiary/aromatic N) is 2. The number of aryl methyl sites for hydroxylation is 2. The molecule has 0 aliphatic heterocycles. The van der Waals surface area contributed by atoms with Crippen molar-refractivity contribution in [2.45, 2.75) is 19.0 Å². The number of hydrogen-bond donors (Lipinski definition) is 0. The number of fused-ring (bicyclic) bond motifs is 1. The van der Waals surface area contributed by atoms with Crippen molar-refractivity contribution in [3.8, 4) is 17.2 Å². The van der Waals surface area contributed by atoms with E-state index in [1.165, 1.54) is 18.9 Å². The minimum atomic E-state index is -0.162. The highest BCUT2D eigenvalue weighted by Crippen LogP contribution is 2.29. The summed E-state index contributed by atoms with van der Waals surface area (Å²) in [5.41, 5.74) is 3.88. The quantitative estimate of drug-likeness (QED) is 0.220. The topological polar surface area (TPSA) is 70.4 Å². The van der Waals surface area contributed by atoms with Crippen LogP contribution in [0.15, 0.2) is 70.6 Å². The first-order valence-electron chi connectivity index (χ1n) is 10.4. The molecule has 33 heavy (non-hydrogen) atoms. The van der Waals surface area contributed by atoms with Crippen molar-refractivity contribution >= 4 is 28.4 Å². The second-order valence-electron chi connectivity index (χ2n) is 7.60. The number of hydrogen-bond acceptors (Lipinski definition) is 6. The second kappa shape index (κ2) is 9.50. The fraction of sp³-hybridized carbons (Fsp3) is 0.192. The molecule has 0 aliphatic carbocycles. The van der Waals surface area contributed by atoms with E-state index in [2.05, 4.69) is 0 Å². The van der Waals surface area contributed by atoms with Crippen LogP contribution in [0.3, 0.4) is 0 Å². The van der Waals surface area contributed by atoms with Gasteiger partial charge in [-0.25, -0.2) is 4.98 Å². The highest BCUT2D eigenvalue weighted by molar-refractivity contribution is 7.99. The molecule has 6 nitrogen and oxygen atoms in total. The molecule has 0 atom stereocenters. The molecular weight excluding hydrogens is 436 g/mol. The molecule has 0 fully saturated rings. The predicted molar refractivity (Wildman–Crippen MR) is 131 cm³/mol. The molecule has 3 aromatic carbocycles. The molecule has 0 aliphatic rings. The fourth-order valence-corrected chi connectivity index (χ4v) is 4.43. The Morgan fingerprint density at radius 1 is 0.939 bits per heavy atom. The number of thioether (sulfide) groups is 1. The van der Waals surface area contributed by atoms with E-state index in [0.29, 0.717) is 33.1 Å². The molecule has 4 rings (SSSR count). The van der Waals surface area contributed by atoms with Crippen LogP contribution in [0, 0.1) is 13.8 Å². The number of para-hydroxylation sites is 1. The average Bonchev–Trinajstić information content (AvgIpc) is 2.84. The number of methoxy groups -OCH3 is 2. The Labute approximate surface area is 196 Å². The third-order valence-electron chi connectivity index (χ3n) is 5.53. The van der Waals surface area contributed by atoms with E-state index in [4.69, 9.17) is 14.5 Å². The van der Waals surface area contributed by atoms with Gasteiger partial charge in [-0.2, -0.15) is 0 Å². The van der Waals surface area contributed by atoms with Crippen molar-refractivity contribution in [3.05, 3.63) is 87.7 Å². The number of benzene rings is 3. The van der Waals surface area contributed by atoms with Gasteiger partial charge in [0.05, 0.1) is 36.6 Å². The number of ketones is 1. The molecule has 0 radical (unpaired) electrons. The van der Waals surface area contributed by atoms with Crippen LogP contribution in [-0.4, -0.2) is 35.3 Å². The molecule has 0 saturated heterocycles. The number of aromatic nitrogens is 2. The Bertz CT molecular complexity index is 1410. The normalized spacial score (nSPS) is 10.9. The molecule has 0 unspecified atom stereocenters. The Morgan fingerprint density at radius 2 is 1.70 bits per heavy atom. The third-order valence-corrected chi connectivity index (χ3v) is 6.47. The molecule has 0 bridgehead atoms. The number of carbonyl (C=O) groups is 1. The number of ether oxygens (including phenoxy) is 2. The summed E-state index contributed by atoms with van der Waals surface area (Å²) >= 11 is 1.24. The number of rotatable bonds is 7. The van der Waals surface area contributed by atoms with E-state index < -0.39 is 0 Å². The van der Waals surface area contributed by atoms with Gasteiger partial charge in [0.1, 0.15) is 0 Å². The van der Waals surface area contributed by atoms with Crippen LogP contribution >= 0.6 is 11.8 Å². The third kappa shape index (κ3) is 4.50. The van der Waals surface area contributed by atoms with E-state index in [-0.39, 0.29) is 17.1 Å². The summed E-state index contributed by atoms with van der Waals surface area (Å²) in [7, 11) is 3.08. The summed E-state index contributed by atoms with van der Waals surface area (Å²) in [6, 6.07) is 18.2. The summed E-state index contributed by atoms with van der Waals surface area (Å²) in [6.07, 6.45) is 0. The molecule has 1 aromatic heterocycles. The van der Waals surface area contributed by atoms with E-state index in [0.717, 1.165) is 16.8 Å². The lowest BCUT2D eigenvalue weighted by atomic mass is 10.1. The SMILES string of the molecule is COc1ccc(C(=O)CSc2nc3ccccc3c(=O)n2-c2ccc(C)c(C)c2)cc1OC. The highest BCUT2D eigenvalue weighted by Gasteiger charge is 2.17. The lowest BCUT2D eigenvalue weighted by Crippen LogP contribution is -2.22. The maximum absolute atomic E-state index is 13.4. The van der Waals surface area contributed by atoms with E-state index in [1.807, 2.05) is 50.2 Å². The van der Waals surface area contributed by atoms with Gasteiger partial charge in [0.15, 0.2) is 22.4 Å². The van der Waals surface area contributed by atoms with Gasteiger partial charge < -0.3 is 9.47 Å². The van der Waals surface area contributed by atoms with Gasteiger partial charge in [0.2, 0.25) is 0 Å². The van der Waals surface area contributed by atoms with Gasteiger partial charge in [0, 0.05) is 5.56 Å². The van der Waals surface area contributed by atoms with Crippen molar-refractivity contribution in [3.63, 3.8) is 0 Å². The lowest BCUT2D eigenvalue weighted by molar-refractivity contribution is 0.102. The van der Waals surface area contributed by atoms with Crippen LogP contribution in [0.4, 0.5) is 0 Å². The number of carbonyl (C=O) groups excluding carboxylic acids is 1. The molecule has 0 spiro atoms. The first kappa shape index (κ1) is 22.6. The Kier molecular flexibility index (Phi) is 6.51. The van der Waals surface area contributed by atoms with Crippen molar-refractivity contribution in [1.82, 2.24) is 9.55 Å². The van der Waals surface area contributed by atoms with Crippen molar-refractivity contribution in [1.29, 1.82) is 0 Å². The summed E-state index contributed by atoms with van der Waals surface area (Å²) in [4.78, 5) is 31.1. The largest absolute Gasteiger partial charge is 0.493 e. The first-order valence-corrected chi connectivity index (χ1v) is 11.4. The minimum absolute atomic E-state index is 0.102. The summed E-state index contributed by atoms with van der Waals surface area (Å²) in [5, 5.41) is 1.00. The number of Topliss-reactive ketones (excluding diaryl/α,β-unsaturated/α-hetero) is 1. The summed E-state index contributed by atoms with van der Waals surface area (Å²) in [5.74, 6) is 1.06. The first-order chi connectivity index (χ1) is 15.9. The molecule has 0 saturated carbocycles. The maximum atomic E-state index is 13.4. The maximum Gasteiger partial charge on any atom is 0.266 e. The van der Waals surface area contributed by atoms with Crippen molar-refractivity contribution in [2.75, 3.05) is 20.0 Å². The Hall–Kier alpha value is -3.58. The molecule has 1 heterocycles. The van der Waals surface area contributed by atoms with E-state index in [9.17, 15) is 9.59 Å². The molecule has 7 heteroatoms. The van der Waals surface area contributed by atoms with Crippen LogP contribution in [0.2, 0.25) is 0 Å². The Morgan fingerprint density at radius 3 is 2.42 bits per heavy atom. The van der Waals surface area contributed by atoms with Crippen LogP contribution < -0.4 is 15.0 Å². The van der Waals surface area contributed by atoms with Gasteiger partial charge in [-0.3, -0.25) is 14.2 Å². The van der Waals surface area contributed by atoms with E-state index in [1.54, 1.807) is 35.9 Å². The second-order valence-corrected chi connectivity index (χ2v) is 8.54. The molecule has 0 amide bonds. The smallest absolute Gasteiger partial charge is 0.266 e. The van der Waals surface area contributed by atoms with Gasteiger partial charge in [-0.1, -0.05) is 30.0 Å². The standard InChI is InChI=1S/C26H24N2O4S/c1-16-9-11-19(13-17(16)2)28-25(30)20-7-5-6-8-21(20)27-26(28)33-15-22(29)18-10-12-23(31-3)24(14-18)32-4/h5-14H,15H2,1-4H3. The zero-order valence-electron chi connectivity index (χ0n) is 18.9. The zero-order valence-corrected chi connectivity index (χ0v) is 19.7. The van der Waals surface area contributed by atoms with Gasteiger partial charge >= 0.3 is 0 Å². The molecule has 4 aromatic rings. The van der Waals surface area contributed by atoms with Gasteiger partial charge in [0.25, 0.3) is 5.56 Å². The Balaban J connectivity index is 1.73. The van der Waals surface area contributed by atoms with Crippen LogP contribution in [0.25, 0.3) is 16.6 Å². The zero-order chi connectivity index (χ0) is 23.5. The molecule has 0 N–H and O–H groups in total. The summed E-state index contributed by atoms with van der Waals surface area (Å²) < 4.78 is 12.1. The van der Waals surface area contributed by atoms with E-state index >= 15 is 0 Å². The molecular formula is C26H24N2O4S. The van der Waals surface area contributed by atoms with Gasteiger partial charge in [-0.05, 0) is 67.4 Å². The minimum Gasteiger partial charge on any atom is -0.493 e. The van der Waals surface area contributed by atoms with Crippen molar-refractivity contribution in [2.24, 2.45) is 0 Å².